The van der Waals surface area contributed by atoms with Crippen molar-refractivity contribution in [1.29, 1.82) is 0 Å². The van der Waals surface area contributed by atoms with Crippen molar-refractivity contribution in [2.75, 3.05) is 11.6 Å². The Labute approximate surface area is 170 Å². The fraction of sp³-hybridized carbons (Fsp3) is 0.318. The van der Waals surface area contributed by atoms with Crippen LogP contribution in [0.3, 0.4) is 0 Å². The fourth-order valence-corrected chi connectivity index (χ4v) is 3.64. The third kappa shape index (κ3) is 5.70. The predicted molar refractivity (Wildman–Crippen MR) is 115 cm³/mol. The van der Waals surface area contributed by atoms with Crippen LogP contribution in [-0.4, -0.2) is 24.3 Å². The Morgan fingerprint density at radius 3 is 2.32 bits per heavy atom. The Hall–Kier alpha value is -2.60. The third-order valence-electron chi connectivity index (χ3n) is 4.89. The number of anilines is 1. The molecule has 1 aliphatic rings. The van der Waals surface area contributed by atoms with Crippen molar-refractivity contribution in [2.45, 2.75) is 37.0 Å². The van der Waals surface area contributed by atoms with Crippen LogP contribution in [0, 0.1) is 5.92 Å². The van der Waals surface area contributed by atoms with Gasteiger partial charge in [0, 0.05) is 22.1 Å². The molecule has 0 aliphatic heterocycles. The Morgan fingerprint density at radius 1 is 1.00 bits per heavy atom. The van der Waals surface area contributed by atoms with Crippen molar-refractivity contribution < 1.29 is 9.59 Å². The van der Waals surface area contributed by atoms with Crippen molar-refractivity contribution >= 4 is 35.5 Å². The molecule has 146 valence electrons. The number of nitrogens with zero attached hydrogens (tertiary/aromatic N) is 1. The molecule has 0 aromatic heterocycles. The number of carbonyl (C=O) groups is 2. The van der Waals surface area contributed by atoms with E-state index in [4.69, 9.17) is 0 Å². The topological polar surface area (TPSA) is 70.6 Å². The van der Waals surface area contributed by atoms with Gasteiger partial charge in [0.15, 0.2) is 0 Å². The highest BCUT2D eigenvalue weighted by Crippen LogP contribution is 2.25. The SMILES string of the molecule is CSc1ccc(/C=N/NC(=O)c2ccc(NC(=O)C3CCCCC3)cc2)cc1. The molecule has 2 amide bonds. The van der Waals surface area contributed by atoms with Gasteiger partial charge in [0.25, 0.3) is 5.91 Å². The Bertz CT molecular complexity index is 826. The minimum Gasteiger partial charge on any atom is -0.326 e. The summed E-state index contributed by atoms with van der Waals surface area (Å²) >= 11 is 1.68. The second-order valence-corrected chi connectivity index (χ2v) is 7.75. The third-order valence-corrected chi connectivity index (χ3v) is 5.63. The van der Waals surface area contributed by atoms with Gasteiger partial charge in [-0.05, 0) is 61.1 Å². The average Bonchev–Trinajstić information content (AvgIpc) is 2.75. The van der Waals surface area contributed by atoms with E-state index in [1.165, 1.54) is 11.3 Å². The molecule has 0 radical (unpaired) electrons. The van der Waals surface area contributed by atoms with E-state index in [-0.39, 0.29) is 17.7 Å². The van der Waals surface area contributed by atoms with Gasteiger partial charge in [-0.2, -0.15) is 5.10 Å². The first-order valence-electron chi connectivity index (χ1n) is 9.54. The van der Waals surface area contributed by atoms with E-state index in [9.17, 15) is 9.59 Å². The summed E-state index contributed by atoms with van der Waals surface area (Å²) in [7, 11) is 0. The average molecular weight is 396 g/mol. The molecule has 0 bridgehead atoms. The van der Waals surface area contributed by atoms with Gasteiger partial charge in [-0.15, -0.1) is 11.8 Å². The van der Waals surface area contributed by atoms with Gasteiger partial charge in [0.1, 0.15) is 0 Å². The molecule has 28 heavy (non-hydrogen) atoms. The number of nitrogens with one attached hydrogen (secondary N) is 2. The number of hydrogen-bond donors (Lipinski definition) is 2. The highest BCUT2D eigenvalue weighted by atomic mass is 32.2. The van der Waals surface area contributed by atoms with Crippen molar-refractivity contribution in [3.63, 3.8) is 0 Å². The number of thioether (sulfide) groups is 1. The summed E-state index contributed by atoms with van der Waals surface area (Å²) in [5.41, 5.74) is 4.65. The van der Waals surface area contributed by atoms with E-state index in [0.29, 0.717) is 11.3 Å². The van der Waals surface area contributed by atoms with Gasteiger partial charge in [0.2, 0.25) is 5.91 Å². The summed E-state index contributed by atoms with van der Waals surface area (Å²) in [6.07, 6.45) is 9.03. The lowest BCUT2D eigenvalue weighted by atomic mass is 9.88. The first-order chi connectivity index (χ1) is 13.7. The van der Waals surface area contributed by atoms with Crippen LogP contribution in [0.4, 0.5) is 5.69 Å². The molecule has 0 spiro atoms. The summed E-state index contributed by atoms with van der Waals surface area (Å²) in [4.78, 5) is 25.7. The molecule has 0 atom stereocenters. The van der Waals surface area contributed by atoms with Gasteiger partial charge in [-0.1, -0.05) is 31.4 Å². The molecular weight excluding hydrogens is 370 g/mol. The Kier molecular flexibility index (Phi) is 7.25. The highest BCUT2D eigenvalue weighted by Gasteiger charge is 2.21. The maximum absolute atomic E-state index is 12.3. The Morgan fingerprint density at radius 2 is 1.68 bits per heavy atom. The van der Waals surface area contributed by atoms with E-state index in [2.05, 4.69) is 15.8 Å². The molecule has 1 aliphatic carbocycles. The van der Waals surface area contributed by atoms with Crippen molar-refractivity contribution in [3.8, 4) is 0 Å². The van der Waals surface area contributed by atoms with E-state index in [1.807, 2.05) is 30.5 Å². The predicted octanol–water partition coefficient (Wildman–Crippen LogP) is 4.69. The molecule has 0 saturated heterocycles. The molecule has 3 rings (SSSR count). The lowest BCUT2D eigenvalue weighted by Gasteiger charge is -2.20. The summed E-state index contributed by atoms with van der Waals surface area (Å²) in [5, 5.41) is 6.95. The zero-order valence-electron chi connectivity index (χ0n) is 16.0. The quantitative estimate of drug-likeness (QED) is 0.423. The molecule has 2 aromatic rings. The van der Waals surface area contributed by atoms with Crippen LogP contribution in [0.25, 0.3) is 0 Å². The summed E-state index contributed by atoms with van der Waals surface area (Å²) in [6.45, 7) is 0. The molecule has 6 heteroatoms. The normalized spacial score (nSPS) is 14.8. The van der Waals surface area contributed by atoms with Crippen molar-refractivity contribution in [1.82, 2.24) is 5.43 Å². The molecule has 5 nitrogen and oxygen atoms in total. The van der Waals surface area contributed by atoms with Gasteiger partial charge in [-0.25, -0.2) is 5.43 Å². The molecule has 0 unspecified atom stereocenters. The second-order valence-electron chi connectivity index (χ2n) is 6.87. The van der Waals surface area contributed by atoms with Crippen LogP contribution in [0.2, 0.25) is 0 Å². The fourth-order valence-electron chi connectivity index (χ4n) is 3.23. The van der Waals surface area contributed by atoms with Crippen molar-refractivity contribution in [3.05, 3.63) is 59.7 Å². The highest BCUT2D eigenvalue weighted by molar-refractivity contribution is 7.98. The van der Waals surface area contributed by atoms with E-state index < -0.39 is 0 Å². The van der Waals surface area contributed by atoms with Crippen LogP contribution in [0.1, 0.15) is 48.0 Å². The summed E-state index contributed by atoms with van der Waals surface area (Å²) in [5.74, 6) is -0.104. The number of benzene rings is 2. The summed E-state index contributed by atoms with van der Waals surface area (Å²) in [6, 6.07) is 14.8. The molecule has 2 aromatic carbocycles. The largest absolute Gasteiger partial charge is 0.326 e. The first-order valence-corrected chi connectivity index (χ1v) is 10.8. The van der Waals surface area contributed by atoms with Crippen LogP contribution in [0.5, 0.6) is 0 Å². The van der Waals surface area contributed by atoms with E-state index >= 15 is 0 Å². The van der Waals surface area contributed by atoms with Crippen LogP contribution >= 0.6 is 11.8 Å². The molecule has 0 heterocycles. The molecule has 2 N–H and O–H groups in total. The number of hydrogen-bond acceptors (Lipinski definition) is 4. The first kappa shape index (κ1) is 20.1. The number of amides is 2. The zero-order valence-corrected chi connectivity index (χ0v) is 16.8. The van der Waals surface area contributed by atoms with Gasteiger partial charge < -0.3 is 5.32 Å². The molecular formula is C22H25N3O2S. The lowest BCUT2D eigenvalue weighted by molar-refractivity contribution is -0.120. The van der Waals surface area contributed by atoms with Gasteiger partial charge >= 0.3 is 0 Å². The minimum absolute atomic E-state index is 0.0778. The number of rotatable bonds is 6. The molecule has 1 saturated carbocycles. The minimum atomic E-state index is -0.290. The van der Waals surface area contributed by atoms with E-state index in [1.54, 1.807) is 42.2 Å². The smallest absolute Gasteiger partial charge is 0.271 e. The van der Waals surface area contributed by atoms with Gasteiger partial charge in [0.05, 0.1) is 6.21 Å². The Balaban J connectivity index is 1.51. The van der Waals surface area contributed by atoms with Crippen LogP contribution < -0.4 is 10.7 Å². The van der Waals surface area contributed by atoms with Crippen molar-refractivity contribution in [2.24, 2.45) is 11.0 Å². The van der Waals surface area contributed by atoms with Crippen LogP contribution in [-0.2, 0) is 4.79 Å². The van der Waals surface area contributed by atoms with Gasteiger partial charge in [-0.3, -0.25) is 9.59 Å². The summed E-state index contributed by atoms with van der Waals surface area (Å²) < 4.78 is 0. The number of carbonyl (C=O) groups excluding carboxylic acids is 2. The monoisotopic (exact) mass is 395 g/mol. The standard InChI is InChI=1S/C22H25N3O2S/c1-28-20-13-7-16(8-14-20)15-23-25-22(27)18-9-11-19(12-10-18)24-21(26)17-5-3-2-4-6-17/h7-15,17H,2-6H2,1H3,(H,24,26)(H,25,27)/b23-15+. The lowest BCUT2D eigenvalue weighted by Crippen LogP contribution is -2.24. The maximum atomic E-state index is 12.3. The molecule has 1 fully saturated rings. The maximum Gasteiger partial charge on any atom is 0.271 e. The van der Waals surface area contributed by atoms with Crippen LogP contribution in [0.15, 0.2) is 58.5 Å². The zero-order chi connectivity index (χ0) is 19.8. The second kappa shape index (κ2) is 10.1. The van der Waals surface area contributed by atoms with E-state index in [0.717, 1.165) is 31.2 Å². The number of hydrazone groups is 1.